The van der Waals surface area contributed by atoms with Gasteiger partial charge in [0.2, 0.25) is 6.79 Å². The van der Waals surface area contributed by atoms with Crippen molar-refractivity contribution < 1.29 is 14.2 Å². The predicted octanol–water partition coefficient (Wildman–Crippen LogP) is 5.06. The van der Waals surface area contributed by atoms with Gasteiger partial charge in [0.05, 0.1) is 21.8 Å². The number of nitrogens with zero attached hydrogens (tertiary/aromatic N) is 2. The van der Waals surface area contributed by atoms with Crippen LogP contribution >= 0.6 is 11.3 Å². The smallest absolute Gasteiger partial charge is 0.231 e. The summed E-state index contributed by atoms with van der Waals surface area (Å²) >= 11 is 1.73. The second-order valence-corrected chi connectivity index (χ2v) is 9.48. The number of hydrogen-bond donors (Lipinski definition) is 0. The van der Waals surface area contributed by atoms with Crippen LogP contribution in [0, 0.1) is 12.8 Å². The summed E-state index contributed by atoms with van der Waals surface area (Å²) < 4.78 is 18.1. The summed E-state index contributed by atoms with van der Waals surface area (Å²) in [4.78, 5) is 7.12. The van der Waals surface area contributed by atoms with E-state index in [4.69, 9.17) is 14.2 Å². The van der Waals surface area contributed by atoms with Crippen molar-refractivity contribution in [1.29, 1.82) is 0 Å². The Bertz CT molecular complexity index is 1010. The number of piperidine rings is 1. The average molecular weight is 425 g/mol. The van der Waals surface area contributed by atoms with E-state index >= 15 is 0 Å². The Morgan fingerprint density at radius 2 is 1.97 bits per heavy atom. The summed E-state index contributed by atoms with van der Waals surface area (Å²) in [6, 6.07) is 12.6. The Morgan fingerprint density at radius 1 is 1.10 bits per heavy atom. The maximum atomic E-state index is 5.97. The van der Waals surface area contributed by atoms with Gasteiger partial charge in [-0.1, -0.05) is 6.07 Å². The van der Waals surface area contributed by atoms with Gasteiger partial charge in [-0.05, 0) is 81.4 Å². The number of aryl methyl sites for hydroxylation is 1. The fourth-order valence-corrected chi connectivity index (χ4v) is 5.21. The summed E-state index contributed by atoms with van der Waals surface area (Å²) in [5, 5.41) is 1.10. The number of hydrogen-bond acceptors (Lipinski definition) is 6. The molecule has 0 spiro atoms. The van der Waals surface area contributed by atoms with Gasteiger partial charge in [-0.25, -0.2) is 4.98 Å². The van der Waals surface area contributed by atoms with E-state index in [1.54, 1.807) is 11.3 Å². The molecule has 0 saturated carbocycles. The number of rotatable bonds is 7. The molecule has 0 atom stereocenters. The fourth-order valence-electron chi connectivity index (χ4n) is 4.41. The number of likely N-dealkylation sites (tertiary alicyclic amines) is 1. The maximum absolute atomic E-state index is 5.97. The largest absolute Gasteiger partial charge is 0.493 e. The molecule has 30 heavy (non-hydrogen) atoms. The molecular formula is C24H28N2O3S. The third-order valence-corrected chi connectivity index (χ3v) is 6.97. The molecule has 0 N–H and O–H groups in total. The van der Waals surface area contributed by atoms with Gasteiger partial charge in [0, 0.05) is 12.6 Å². The molecule has 1 fully saturated rings. The zero-order valence-electron chi connectivity index (χ0n) is 17.4. The Labute approximate surface area is 181 Å². The number of ether oxygens (including phenoxy) is 3. The minimum atomic E-state index is 0.347. The van der Waals surface area contributed by atoms with Crippen LogP contribution in [0.15, 0.2) is 36.4 Å². The van der Waals surface area contributed by atoms with Gasteiger partial charge in [0.1, 0.15) is 5.75 Å². The van der Waals surface area contributed by atoms with Crippen LogP contribution in [0.5, 0.6) is 17.2 Å². The van der Waals surface area contributed by atoms with Crippen LogP contribution in [0.25, 0.3) is 10.2 Å². The molecule has 0 bridgehead atoms. The number of thiazole rings is 1. The molecule has 2 aliphatic rings. The van der Waals surface area contributed by atoms with Gasteiger partial charge in [-0.2, -0.15) is 0 Å². The summed E-state index contributed by atoms with van der Waals surface area (Å²) in [6.45, 7) is 6.61. The van der Waals surface area contributed by atoms with Gasteiger partial charge in [-0.15, -0.1) is 11.3 Å². The molecule has 6 heteroatoms. The minimum Gasteiger partial charge on any atom is -0.493 e. The quantitative estimate of drug-likeness (QED) is 0.496. The normalized spacial score (nSPS) is 17.0. The highest BCUT2D eigenvalue weighted by Crippen LogP contribution is 2.34. The standard InChI is InChI=1S/C24H28N2O3S/c1-17-25-21-15-20(4-6-24(21)30-17)27-12-2-9-26-10-7-18(8-11-26)13-19-3-5-22-23(14-19)29-16-28-22/h3-6,14-15,18H,2,7-13,16H2,1H3. The van der Waals surface area contributed by atoms with E-state index in [-0.39, 0.29) is 0 Å². The van der Waals surface area contributed by atoms with Crippen molar-refractivity contribution in [2.45, 2.75) is 32.6 Å². The molecule has 1 aromatic heterocycles. The van der Waals surface area contributed by atoms with Crippen molar-refractivity contribution in [1.82, 2.24) is 9.88 Å². The van der Waals surface area contributed by atoms with E-state index < -0.39 is 0 Å². The van der Waals surface area contributed by atoms with E-state index in [1.165, 1.54) is 36.2 Å². The molecule has 3 aromatic rings. The number of aromatic nitrogens is 1. The SMILES string of the molecule is Cc1nc2cc(OCCCN3CCC(Cc4ccc5c(c4)OCO5)CC3)ccc2s1. The molecule has 2 aromatic carbocycles. The molecule has 0 unspecified atom stereocenters. The first-order valence-corrected chi connectivity index (χ1v) is 11.7. The molecule has 0 aliphatic carbocycles. The van der Waals surface area contributed by atoms with Crippen molar-refractivity contribution in [3.8, 4) is 17.2 Å². The monoisotopic (exact) mass is 424 g/mol. The van der Waals surface area contributed by atoms with E-state index in [1.807, 2.05) is 13.0 Å². The summed E-state index contributed by atoms with van der Waals surface area (Å²) in [7, 11) is 0. The Kier molecular flexibility index (Phi) is 5.77. The molecule has 0 radical (unpaired) electrons. The van der Waals surface area contributed by atoms with Crippen LogP contribution in [0.3, 0.4) is 0 Å². The van der Waals surface area contributed by atoms with Gasteiger partial charge >= 0.3 is 0 Å². The molecular weight excluding hydrogens is 396 g/mol. The van der Waals surface area contributed by atoms with Crippen LogP contribution < -0.4 is 14.2 Å². The topological polar surface area (TPSA) is 43.8 Å². The first kappa shape index (κ1) is 19.6. The molecule has 5 rings (SSSR count). The van der Waals surface area contributed by atoms with Crippen molar-refractivity contribution in [2.75, 3.05) is 33.0 Å². The van der Waals surface area contributed by atoms with Crippen LogP contribution in [0.1, 0.15) is 29.8 Å². The van der Waals surface area contributed by atoms with Crippen molar-refractivity contribution in [3.05, 3.63) is 47.0 Å². The fraction of sp³-hybridized carbons (Fsp3) is 0.458. The predicted molar refractivity (Wildman–Crippen MR) is 120 cm³/mol. The lowest BCUT2D eigenvalue weighted by molar-refractivity contribution is 0.170. The Balaban J connectivity index is 1.02. The maximum Gasteiger partial charge on any atom is 0.231 e. The highest BCUT2D eigenvalue weighted by molar-refractivity contribution is 7.18. The van der Waals surface area contributed by atoms with Crippen molar-refractivity contribution in [3.63, 3.8) is 0 Å². The molecule has 3 heterocycles. The average Bonchev–Trinajstić information content (AvgIpc) is 3.37. The zero-order chi connectivity index (χ0) is 20.3. The second-order valence-electron chi connectivity index (χ2n) is 8.24. The van der Waals surface area contributed by atoms with Gasteiger partial charge in [-0.3, -0.25) is 0 Å². The highest BCUT2D eigenvalue weighted by Gasteiger charge is 2.20. The first-order chi connectivity index (χ1) is 14.7. The molecule has 2 aliphatic heterocycles. The van der Waals surface area contributed by atoms with E-state index in [2.05, 4.69) is 40.2 Å². The number of fused-ring (bicyclic) bond motifs is 2. The number of benzene rings is 2. The summed E-state index contributed by atoms with van der Waals surface area (Å²) in [5.74, 6) is 3.45. The molecule has 1 saturated heterocycles. The Hall–Kier alpha value is -2.31. The molecule has 5 nitrogen and oxygen atoms in total. The van der Waals surface area contributed by atoms with Crippen molar-refractivity contribution >= 4 is 21.6 Å². The molecule has 158 valence electrons. The van der Waals surface area contributed by atoms with Crippen LogP contribution in [-0.2, 0) is 6.42 Å². The van der Waals surface area contributed by atoms with E-state index in [0.29, 0.717) is 6.79 Å². The molecule has 0 amide bonds. The van der Waals surface area contributed by atoms with Gasteiger partial charge in [0.15, 0.2) is 11.5 Å². The third kappa shape index (κ3) is 4.55. The summed E-state index contributed by atoms with van der Waals surface area (Å²) in [6.07, 6.45) is 4.71. The van der Waals surface area contributed by atoms with Gasteiger partial charge in [0.25, 0.3) is 0 Å². The lowest BCUT2D eigenvalue weighted by atomic mass is 9.90. The van der Waals surface area contributed by atoms with Gasteiger partial charge < -0.3 is 19.1 Å². The van der Waals surface area contributed by atoms with E-state index in [0.717, 1.165) is 59.7 Å². The van der Waals surface area contributed by atoms with Crippen molar-refractivity contribution in [2.24, 2.45) is 5.92 Å². The minimum absolute atomic E-state index is 0.347. The first-order valence-electron chi connectivity index (χ1n) is 10.8. The Morgan fingerprint density at radius 3 is 2.87 bits per heavy atom. The lowest BCUT2D eigenvalue weighted by Gasteiger charge is -2.32. The van der Waals surface area contributed by atoms with Crippen LogP contribution in [-0.4, -0.2) is 42.9 Å². The summed E-state index contributed by atoms with van der Waals surface area (Å²) in [5.41, 5.74) is 2.40. The zero-order valence-corrected chi connectivity index (χ0v) is 18.2. The lowest BCUT2D eigenvalue weighted by Crippen LogP contribution is -2.35. The third-order valence-electron chi connectivity index (χ3n) is 6.02. The van der Waals surface area contributed by atoms with Crippen LogP contribution in [0.4, 0.5) is 0 Å². The van der Waals surface area contributed by atoms with E-state index in [9.17, 15) is 0 Å². The highest BCUT2D eigenvalue weighted by atomic mass is 32.1. The second kappa shape index (κ2) is 8.82. The van der Waals surface area contributed by atoms with Crippen LogP contribution in [0.2, 0.25) is 0 Å².